The molecule has 3 N–H and O–H groups in total. The maximum absolute atomic E-state index is 9.99. The van der Waals surface area contributed by atoms with Crippen molar-refractivity contribution in [2.45, 2.75) is 40.7 Å². The van der Waals surface area contributed by atoms with E-state index < -0.39 is 0 Å². The summed E-state index contributed by atoms with van der Waals surface area (Å²) < 4.78 is 6.23. The van der Waals surface area contributed by atoms with E-state index >= 15 is 0 Å². The lowest BCUT2D eigenvalue weighted by atomic mass is 9.56. The van der Waals surface area contributed by atoms with Crippen LogP contribution in [0.15, 0.2) is 35.9 Å². The van der Waals surface area contributed by atoms with Crippen LogP contribution in [0.25, 0.3) is 0 Å². The third kappa shape index (κ3) is 2.92. The van der Waals surface area contributed by atoms with Crippen LogP contribution in [0.1, 0.15) is 46.3 Å². The minimum atomic E-state index is -0.144. The van der Waals surface area contributed by atoms with Crippen molar-refractivity contribution in [3.05, 3.63) is 41.5 Å². The summed E-state index contributed by atoms with van der Waals surface area (Å²) in [7, 11) is 0. The summed E-state index contributed by atoms with van der Waals surface area (Å²) in [4.78, 5) is 0. The highest BCUT2D eigenvalue weighted by Crippen LogP contribution is 2.55. The lowest BCUT2D eigenvalue weighted by molar-refractivity contribution is -0.165. The molecule has 3 rings (SSSR count). The fourth-order valence-electron chi connectivity index (χ4n) is 4.27. The fourth-order valence-corrected chi connectivity index (χ4v) is 4.27. The smallest absolute Gasteiger partial charge is 0.0893 e. The number of benzene rings is 1. The van der Waals surface area contributed by atoms with Crippen molar-refractivity contribution in [2.24, 2.45) is 23.2 Å². The number of nitrogen functional groups attached to an aromatic ring is 1. The third-order valence-electron chi connectivity index (χ3n) is 5.81. The Bertz CT molecular complexity index is 551. The molecule has 1 saturated heterocycles. The van der Waals surface area contributed by atoms with Crippen LogP contribution in [0.4, 0.5) is 5.69 Å². The molecular formula is C20H31NO2. The van der Waals surface area contributed by atoms with Gasteiger partial charge in [0.05, 0.1) is 19.3 Å². The van der Waals surface area contributed by atoms with Crippen LogP contribution in [-0.4, -0.2) is 18.3 Å². The van der Waals surface area contributed by atoms with Gasteiger partial charge in [-0.05, 0) is 36.5 Å². The van der Waals surface area contributed by atoms with Crippen molar-refractivity contribution in [2.75, 3.05) is 18.9 Å². The molecule has 1 fully saturated rings. The summed E-state index contributed by atoms with van der Waals surface area (Å²) in [5.41, 5.74) is 8.97. The van der Waals surface area contributed by atoms with E-state index in [1.165, 1.54) is 11.1 Å². The molecule has 0 aromatic heterocycles. The minimum Gasteiger partial charge on any atom is -0.399 e. The number of rotatable bonds is 2. The molecule has 23 heavy (non-hydrogen) atoms. The van der Waals surface area contributed by atoms with Crippen LogP contribution >= 0.6 is 0 Å². The molecule has 1 heterocycles. The first kappa shape index (κ1) is 18.0. The average molecular weight is 317 g/mol. The van der Waals surface area contributed by atoms with E-state index in [1.54, 1.807) is 0 Å². The van der Waals surface area contributed by atoms with Gasteiger partial charge in [-0.15, -0.1) is 0 Å². The second-order valence-electron chi connectivity index (χ2n) is 6.80. The largest absolute Gasteiger partial charge is 0.399 e. The molecule has 0 saturated carbocycles. The zero-order chi connectivity index (χ0) is 17.2. The summed E-state index contributed by atoms with van der Waals surface area (Å²) in [5.74, 6) is 1.07. The summed E-state index contributed by atoms with van der Waals surface area (Å²) in [6, 6.07) is 7.98. The van der Waals surface area contributed by atoms with Crippen molar-refractivity contribution >= 4 is 5.69 Å². The molecule has 1 aliphatic carbocycles. The minimum absolute atomic E-state index is 0.0593. The van der Waals surface area contributed by atoms with Crippen LogP contribution in [0.5, 0.6) is 0 Å². The molecule has 128 valence electrons. The average Bonchev–Trinajstić information content (AvgIpc) is 2.56. The van der Waals surface area contributed by atoms with Crippen molar-refractivity contribution in [3.63, 3.8) is 0 Å². The van der Waals surface area contributed by atoms with E-state index in [9.17, 15) is 5.11 Å². The Labute approximate surface area is 140 Å². The molecule has 1 aliphatic heterocycles. The Morgan fingerprint density at radius 1 is 1.22 bits per heavy atom. The van der Waals surface area contributed by atoms with Crippen molar-refractivity contribution in [3.8, 4) is 0 Å². The van der Waals surface area contributed by atoms with Gasteiger partial charge in [0.1, 0.15) is 0 Å². The highest BCUT2D eigenvalue weighted by atomic mass is 16.5. The zero-order valence-electron chi connectivity index (χ0n) is 15.0. The van der Waals surface area contributed by atoms with Gasteiger partial charge in [0, 0.05) is 17.0 Å². The molecule has 2 aliphatic rings. The molecular weight excluding hydrogens is 286 g/mol. The number of anilines is 1. The number of aliphatic hydroxyl groups is 1. The monoisotopic (exact) mass is 317 g/mol. The molecule has 3 heteroatoms. The van der Waals surface area contributed by atoms with Gasteiger partial charge in [-0.1, -0.05) is 51.5 Å². The van der Waals surface area contributed by atoms with E-state index in [4.69, 9.17) is 10.5 Å². The molecule has 5 atom stereocenters. The van der Waals surface area contributed by atoms with Gasteiger partial charge in [-0.3, -0.25) is 0 Å². The van der Waals surface area contributed by atoms with E-state index in [0.717, 1.165) is 5.69 Å². The highest BCUT2D eigenvalue weighted by molar-refractivity contribution is 5.41. The quantitative estimate of drug-likeness (QED) is 0.635. The number of ether oxygens (including phenoxy) is 1. The maximum Gasteiger partial charge on any atom is 0.0893 e. The SMILES string of the molecule is CC.CC1=CC(C)C2(CO)COC(c3ccc(N)cc3)C1C2C. The molecule has 0 amide bonds. The van der Waals surface area contributed by atoms with Gasteiger partial charge < -0.3 is 15.6 Å². The third-order valence-corrected chi connectivity index (χ3v) is 5.81. The standard InChI is InChI=1S/C18H25NO2.C2H6/c1-11-8-12(2)18(9-20)10-21-17(16(11)13(18)3)14-4-6-15(19)7-5-14;1-2/h4-8,12-13,16-17,20H,9-10,19H2,1-3H3;1-2H3. The van der Waals surface area contributed by atoms with Crippen molar-refractivity contribution in [1.82, 2.24) is 0 Å². The van der Waals surface area contributed by atoms with Crippen LogP contribution in [0.2, 0.25) is 0 Å². The number of hydrogen-bond donors (Lipinski definition) is 2. The molecule has 0 radical (unpaired) electrons. The van der Waals surface area contributed by atoms with Crippen LogP contribution in [-0.2, 0) is 4.74 Å². The van der Waals surface area contributed by atoms with Gasteiger partial charge in [0.25, 0.3) is 0 Å². The molecule has 3 nitrogen and oxygen atoms in total. The Balaban J connectivity index is 0.000000924. The number of allylic oxidation sites excluding steroid dienone is 1. The van der Waals surface area contributed by atoms with E-state index in [-0.39, 0.29) is 18.1 Å². The number of hydrogen-bond acceptors (Lipinski definition) is 3. The Morgan fingerprint density at radius 3 is 2.39 bits per heavy atom. The molecule has 2 bridgehead atoms. The van der Waals surface area contributed by atoms with Crippen molar-refractivity contribution < 1.29 is 9.84 Å². The van der Waals surface area contributed by atoms with Gasteiger partial charge in [0.15, 0.2) is 0 Å². The summed E-state index contributed by atoms with van der Waals surface area (Å²) in [6.07, 6.45) is 2.39. The summed E-state index contributed by atoms with van der Waals surface area (Å²) in [6.45, 7) is 11.4. The number of nitrogens with two attached hydrogens (primary N) is 1. The Hall–Kier alpha value is -1.32. The van der Waals surface area contributed by atoms with Gasteiger partial charge in [0.2, 0.25) is 0 Å². The molecule has 5 unspecified atom stereocenters. The first-order valence-corrected chi connectivity index (χ1v) is 8.76. The number of aliphatic hydroxyl groups excluding tert-OH is 1. The van der Waals surface area contributed by atoms with Crippen molar-refractivity contribution in [1.29, 1.82) is 0 Å². The second kappa shape index (κ2) is 7.06. The summed E-state index contributed by atoms with van der Waals surface area (Å²) >= 11 is 0. The maximum atomic E-state index is 9.99. The molecule has 1 aromatic rings. The first-order chi connectivity index (χ1) is 11.0. The lowest BCUT2D eigenvalue weighted by Crippen LogP contribution is -2.53. The highest BCUT2D eigenvalue weighted by Gasteiger charge is 2.53. The van der Waals surface area contributed by atoms with E-state index in [1.807, 2.05) is 26.0 Å². The van der Waals surface area contributed by atoms with Gasteiger partial charge >= 0.3 is 0 Å². The molecule has 1 aromatic carbocycles. The Kier molecular flexibility index (Phi) is 5.53. The van der Waals surface area contributed by atoms with E-state index in [0.29, 0.717) is 24.4 Å². The van der Waals surface area contributed by atoms with Crippen LogP contribution in [0.3, 0.4) is 0 Å². The second-order valence-corrected chi connectivity index (χ2v) is 6.80. The topological polar surface area (TPSA) is 55.5 Å². The summed E-state index contributed by atoms with van der Waals surface area (Å²) in [5, 5.41) is 9.99. The first-order valence-electron chi connectivity index (χ1n) is 8.76. The van der Waals surface area contributed by atoms with E-state index in [2.05, 4.69) is 39.0 Å². The number of fused-ring (bicyclic) bond motifs is 2. The predicted octanol–water partition coefficient (Wildman–Crippen LogP) is 4.19. The van der Waals surface area contributed by atoms with Crippen LogP contribution in [0, 0.1) is 23.2 Å². The predicted molar refractivity (Wildman–Crippen MR) is 96.0 cm³/mol. The van der Waals surface area contributed by atoms with Gasteiger partial charge in [-0.25, -0.2) is 0 Å². The fraction of sp³-hybridized carbons (Fsp3) is 0.600. The normalized spacial score (nSPS) is 35.8. The Morgan fingerprint density at radius 2 is 1.83 bits per heavy atom. The lowest BCUT2D eigenvalue weighted by Gasteiger charge is -2.55. The van der Waals surface area contributed by atoms with Gasteiger partial charge in [-0.2, -0.15) is 0 Å². The van der Waals surface area contributed by atoms with Crippen LogP contribution < -0.4 is 5.73 Å². The molecule has 0 spiro atoms. The zero-order valence-corrected chi connectivity index (χ0v) is 15.0.